The summed E-state index contributed by atoms with van der Waals surface area (Å²) in [6.45, 7) is 1.07. The van der Waals surface area contributed by atoms with E-state index in [1.807, 2.05) is 0 Å². The van der Waals surface area contributed by atoms with Crippen LogP contribution in [0.5, 0.6) is 0 Å². The van der Waals surface area contributed by atoms with Crippen molar-refractivity contribution >= 4 is 11.6 Å². The van der Waals surface area contributed by atoms with E-state index in [4.69, 9.17) is 15.2 Å². The van der Waals surface area contributed by atoms with Gasteiger partial charge in [0.15, 0.2) is 0 Å². The van der Waals surface area contributed by atoms with Gasteiger partial charge in [0.25, 0.3) is 5.91 Å². The molecule has 0 aromatic carbocycles. The fourth-order valence-electron chi connectivity index (χ4n) is 2.07. The van der Waals surface area contributed by atoms with E-state index < -0.39 is 0 Å². The number of hydrogen-bond donors (Lipinski definition) is 2. The van der Waals surface area contributed by atoms with Gasteiger partial charge in [0.2, 0.25) is 0 Å². The summed E-state index contributed by atoms with van der Waals surface area (Å²) in [5.41, 5.74) is 6.62. The van der Waals surface area contributed by atoms with Gasteiger partial charge in [0.1, 0.15) is 17.9 Å². The lowest BCUT2D eigenvalue weighted by Gasteiger charge is -2.14. The van der Waals surface area contributed by atoms with Crippen LogP contribution in [0.4, 0.5) is 5.69 Å². The lowest BCUT2D eigenvalue weighted by molar-refractivity contribution is -0.00461. The molecule has 2 heterocycles. The highest BCUT2D eigenvalue weighted by Crippen LogP contribution is 2.18. The van der Waals surface area contributed by atoms with Crippen LogP contribution in [0.25, 0.3) is 0 Å². The van der Waals surface area contributed by atoms with Crippen molar-refractivity contribution in [3.63, 3.8) is 0 Å². The Morgan fingerprint density at radius 2 is 2.00 bits per heavy atom. The van der Waals surface area contributed by atoms with E-state index in [1.165, 1.54) is 0 Å². The Hall–Kier alpha value is -1.53. The van der Waals surface area contributed by atoms with Crippen LogP contribution >= 0.6 is 0 Å². The number of amides is 1. The predicted octanol–water partition coefficient (Wildman–Crippen LogP) is 0.0827. The second kappa shape index (κ2) is 4.77. The van der Waals surface area contributed by atoms with Crippen molar-refractivity contribution in [3.05, 3.63) is 18.0 Å². The summed E-state index contributed by atoms with van der Waals surface area (Å²) in [6, 6.07) is 1.63. The third-order valence-electron chi connectivity index (χ3n) is 3.04. The minimum Gasteiger partial charge on any atom is -0.397 e. The number of nitrogens with zero attached hydrogens (tertiary/aromatic N) is 1. The quantitative estimate of drug-likeness (QED) is 0.783. The fourth-order valence-corrected chi connectivity index (χ4v) is 2.07. The van der Waals surface area contributed by atoms with Crippen LogP contribution < -0.4 is 5.73 Å². The molecule has 0 saturated carbocycles. The van der Waals surface area contributed by atoms with Gasteiger partial charge in [0.05, 0.1) is 0 Å². The third-order valence-corrected chi connectivity index (χ3v) is 3.04. The number of aromatic nitrogens is 1. The van der Waals surface area contributed by atoms with Crippen molar-refractivity contribution in [1.29, 1.82) is 0 Å². The number of carbonyl (C=O) groups excluding carboxylic acids is 1. The molecule has 2 rings (SSSR count). The van der Waals surface area contributed by atoms with E-state index in [0.717, 1.165) is 0 Å². The Kier molecular flexibility index (Phi) is 3.35. The molecular formula is C11H17N3O3. The Balaban J connectivity index is 2.07. The molecule has 1 saturated heterocycles. The molecule has 1 amide bonds. The number of methoxy groups -OCH3 is 2. The first kappa shape index (κ1) is 11.9. The zero-order chi connectivity index (χ0) is 12.4. The Morgan fingerprint density at radius 3 is 2.41 bits per heavy atom. The number of H-pyrrole nitrogens is 1. The van der Waals surface area contributed by atoms with Crippen molar-refractivity contribution in [2.45, 2.75) is 12.2 Å². The van der Waals surface area contributed by atoms with Crippen LogP contribution in [0.2, 0.25) is 0 Å². The summed E-state index contributed by atoms with van der Waals surface area (Å²) in [7, 11) is 3.24. The van der Waals surface area contributed by atoms with Gasteiger partial charge in [-0.25, -0.2) is 0 Å². The highest BCUT2D eigenvalue weighted by molar-refractivity contribution is 5.93. The van der Waals surface area contributed by atoms with Gasteiger partial charge in [-0.15, -0.1) is 0 Å². The molecular weight excluding hydrogens is 222 g/mol. The lowest BCUT2D eigenvalue weighted by atomic mass is 10.3. The molecule has 1 aromatic heterocycles. The number of nitrogen functional groups attached to an aromatic ring is 1. The summed E-state index contributed by atoms with van der Waals surface area (Å²) < 4.78 is 10.6. The maximum absolute atomic E-state index is 12.1. The van der Waals surface area contributed by atoms with E-state index in [1.54, 1.807) is 31.4 Å². The van der Waals surface area contributed by atoms with Gasteiger partial charge in [-0.1, -0.05) is 0 Å². The summed E-state index contributed by atoms with van der Waals surface area (Å²) in [5, 5.41) is 0. The zero-order valence-corrected chi connectivity index (χ0v) is 9.97. The SMILES string of the molecule is COC1CN(C(=O)c2cc(N)c[nH]2)CC1OC. The molecule has 94 valence electrons. The number of rotatable bonds is 3. The van der Waals surface area contributed by atoms with E-state index in [-0.39, 0.29) is 18.1 Å². The van der Waals surface area contributed by atoms with Gasteiger partial charge in [-0.05, 0) is 6.07 Å². The molecule has 3 N–H and O–H groups in total. The van der Waals surface area contributed by atoms with E-state index in [9.17, 15) is 4.79 Å². The smallest absolute Gasteiger partial charge is 0.270 e. The highest BCUT2D eigenvalue weighted by atomic mass is 16.5. The number of carbonyl (C=O) groups is 1. The summed E-state index contributed by atoms with van der Waals surface area (Å²) in [5.74, 6) is -0.0803. The van der Waals surface area contributed by atoms with Gasteiger partial charge in [0, 0.05) is 39.2 Å². The molecule has 0 radical (unpaired) electrons. The van der Waals surface area contributed by atoms with Crippen molar-refractivity contribution in [3.8, 4) is 0 Å². The summed E-state index contributed by atoms with van der Waals surface area (Å²) in [6.07, 6.45) is 1.46. The normalized spacial score (nSPS) is 24.2. The highest BCUT2D eigenvalue weighted by Gasteiger charge is 2.36. The summed E-state index contributed by atoms with van der Waals surface area (Å²) in [4.78, 5) is 16.7. The molecule has 0 aliphatic carbocycles. The molecule has 1 aliphatic rings. The van der Waals surface area contributed by atoms with Crippen molar-refractivity contribution < 1.29 is 14.3 Å². The van der Waals surface area contributed by atoms with Crippen LogP contribution in [0.15, 0.2) is 12.3 Å². The maximum atomic E-state index is 12.1. The molecule has 1 aliphatic heterocycles. The van der Waals surface area contributed by atoms with Crippen molar-refractivity contribution in [2.75, 3.05) is 33.0 Å². The number of anilines is 1. The second-order valence-corrected chi connectivity index (χ2v) is 4.11. The molecule has 2 atom stereocenters. The Bertz CT molecular complexity index is 392. The average Bonchev–Trinajstić information content (AvgIpc) is 2.93. The molecule has 2 unspecified atom stereocenters. The molecule has 6 heteroatoms. The average molecular weight is 239 g/mol. The molecule has 6 nitrogen and oxygen atoms in total. The van der Waals surface area contributed by atoms with Crippen LogP contribution in [0.3, 0.4) is 0 Å². The van der Waals surface area contributed by atoms with Gasteiger partial charge in [-0.3, -0.25) is 4.79 Å². The number of nitrogens with two attached hydrogens (primary N) is 1. The minimum absolute atomic E-state index is 0.0729. The van der Waals surface area contributed by atoms with Crippen molar-refractivity contribution in [1.82, 2.24) is 9.88 Å². The topological polar surface area (TPSA) is 80.6 Å². The van der Waals surface area contributed by atoms with E-state index in [0.29, 0.717) is 24.5 Å². The monoisotopic (exact) mass is 239 g/mol. The second-order valence-electron chi connectivity index (χ2n) is 4.11. The molecule has 0 spiro atoms. The summed E-state index contributed by atoms with van der Waals surface area (Å²) >= 11 is 0. The first-order valence-corrected chi connectivity index (χ1v) is 5.44. The molecule has 17 heavy (non-hydrogen) atoms. The number of aromatic amines is 1. The zero-order valence-electron chi connectivity index (χ0n) is 9.97. The largest absolute Gasteiger partial charge is 0.397 e. The molecule has 1 fully saturated rings. The Morgan fingerprint density at radius 1 is 1.41 bits per heavy atom. The van der Waals surface area contributed by atoms with Gasteiger partial charge >= 0.3 is 0 Å². The molecule has 0 bridgehead atoms. The van der Waals surface area contributed by atoms with E-state index >= 15 is 0 Å². The number of ether oxygens (including phenoxy) is 2. The predicted molar refractivity (Wildman–Crippen MR) is 62.7 cm³/mol. The first-order chi connectivity index (χ1) is 8.15. The standard InChI is InChI=1S/C11H17N3O3/c1-16-9-5-14(6-10(9)17-2)11(15)8-3-7(12)4-13-8/h3-4,9-10,13H,5-6,12H2,1-2H3. The van der Waals surface area contributed by atoms with Crippen LogP contribution in [0, 0.1) is 0 Å². The maximum Gasteiger partial charge on any atom is 0.270 e. The van der Waals surface area contributed by atoms with Crippen LogP contribution in [-0.2, 0) is 9.47 Å². The minimum atomic E-state index is -0.0803. The molecule has 1 aromatic rings. The number of nitrogens with one attached hydrogen (secondary N) is 1. The number of hydrogen-bond acceptors (Lipinski definition) is 4. The lowest BCUT2D eigenvalue weighted by Crippen LogP contribution is -2.30. The third kappa shape index (κ3) is 2.27. The van der Waals surface area contributed by atoms with Crippen LogP contribution in [0.1, 0.15) is 10.5 Å². The first-order valence-electron chi connectivity index (χ1n) is 5.44. The van der Waals surface area contributed by atoms with Crippen molar-refractivity contribution in [2.24, 2.45) is 0 Å². The van der Waals surface area contributed by atoms with Gasteiger partial charge < -0.3 is 25.1 Å². The fraction of sp³-hybridized carbons (Fsp3) is 0.545. The van der Waals surface area contributed by atoms with E-state index in [2.05, 4.69) is 4.98 Å². The Labute approximate surface area is 99.7 Å². The number of likely N-dealkylation sites (tertiary alicyclic amines) is 1. The van der Waals surface area contributed by atoms with Gasteiger partial charge in [-0.2, -0.15) is 0 Å². The van der Waals surface area contributed by atoms with Crippen LogP contribution in [-0.4, -0.2) is 55.3 Å².